The zero-order valence-corrected chi connectivity index (χ0v) is 12.6. The van der Waals surface area contributed by atoms with Crippen LogP contribution < -0.4 is 9.47 Å². The summed E-state index contributed by atoms with van der Waals surface area (Å²) < 4.78 is 17.4. The second kappa shape index (κ2) is 5.50. The molecule has 0 aliphatic carbocycles. The highest BCUT2D eigenvalue weighted by molar-refractivity contribution is 9.10. The number of fused-ring (bicyclic) bond motifs is 1. The van der Waals surface area contributed by atoms with E-state index in [0.29, 0.717) is 36.0 Å². The van der Waals surface area contributed by atoms with Crippen molar-refractivity contribution in [3.63, 3.8) is 0 Å². The van der Waals surface area contributed by atoms with Gasteiger partial charge in [0.05, 0.1) is 0 Å². The molecule has 1 aliphatic heterocycles. The summed E-state index contributed by atoms with van der Waals surface area (Å²) >= 11 is 3.46. The lowest BCUT2D eigenvalue weighted by molar-refractivity contribution is 0.166. The lowest BCUT2D eigenvalue weighted by atomic mass is 10.1. The SMILES string of the molecule is CCc1ccc(C(O)c2cc3c(cc2Br)OCCO3)o1. The minimum atomic E-state index is -0.833. The van der Waals surface area contributed by atoms with Gasteiger partial charge in [-0.2, -0.15) is 0 Å². The summed E-state index contributed by atoms with van der Waals surface area (Å²) in [5.41, 5.74) is 0.700. The van der Waals surface area contributed by atoms with Gasteiger partial charge < -0.3 is 19.0 Å². The molecule has 0 bridgehead atoms. The molecule has 20 heavy (non-hydrogen) atoms. The number of hydrogen-bond donors (Lipinski definition) is 1. The maximum absolute atomic E-state index is 10.5. The first kappa shape index (κ1) is 13.5. The molecular formula is C15H15BrO4. The smallest absolute Gasteiger partial charge is 0.162 e. The van der Waals surface area contributed by atoms with Crippen molar-refractivity contribution in [3.05, 3.63) is 45.8 Å². The highest BCUT2D eigenvalue weighted by Gasteiger charge is 2.22. The fourth-order valence-electron chi connectivity index (χ4n) is 2.17. The first-order valence-corrected chi connectivity index (χ1v) is 7.34. The van der Waals surface area contributed by atoms with Gasteiger partial charge in [0.1, 0.15) is 30.8 Å². The molecule has 2 aromatic rings. The number of ether oxygens (including phenoxy) is 2. The van der Waals surface area contributed by atoms with E-state index in [4.69, 9.17) is 13.9 Å². The minimum absolute atomic E-state index is 0.519. The zero-order chi connectivity index (χ0) is 14.1. The summed E-state index contributed by atoms with van der Waals surface area (Å²) in [6.07, 6.45) is -0.0322. The van der Waals surface area contributed by atoms with E-state index >= 15 is 0 Å². The van der Waals surface area contributed by atoms with E-state index in [0.717, 1.165) is 16.7 Å². The van der Waals surface area contributed by atoms with Crippen LogP contribution in [0.4, 0.5) is 0 Å². The second-order valence-corrected chi connectivity index (χ2v) is 5.43. The van der Waals surface area contributed by atoms with Crippen LogP contribution in [-0.2, 0) is 6.42 Å². The molecule has 0 spiro atoms. The van der Waals surface area contributed by atoms with Crippen molar-refractivity contribution in [1.82, 2.24) is 0 Å². The van der Waals surface area contributed by atoms with E-state index in [-0.39, 0.29) is 0 Å². The van der Waals surface area contributed by atoms with Gasteiger partial charge in [0.15, 0.2) is 11.5 Å². The van der Waals surface area contributed by atoms with Crippen LogP contribution in [0.25, 0.3) is 0 Å². The van der Waals surface area contributed by atoms with Gasteiger partial charge in [-0.05, 0) is 24.3 Å². The number of rotatable bonds is 3. The van der Waals surface area contributed by atoms with E-state index in [1.807, 2.05) is 19.1 Å². The summed E-state index contributed by atoms with van der Waals surface area (Å²) in [5.74, 6) is 2.72. The minimum Gasteiger partial charge on any atom is -0.486 e. The third-order valence-electron chi connectivity index (χ3n) is 3.26. The Morgan fingerprint density at radius 3 is 2.55 bits per heavy atom. The topological polar surface area (TPSA) is 51.8 Å². The van der Waals surface area contributed by atoms with Gasteiger partial charge in [-0.15, -0.1) is 0 Å². The first-order chi connectivity index (χ1) is 9.69. The van der Waals surface area contributed by atoms with Crippen LogP contribution in [0.3, 0.4) is 0 Å². The molecule has 2 heterocycles. The number of benzene rings is 1. The van der Waals surface area contributed by atoms with Gasteiger partial charge >= 0.3 is 0 Å². The third kappa shape index (κ3) is 2.43. The lowest BCUT2D eigenvalue weighted by Crippen LogP contribution is -2.16. The maximum atomic E-state index is 10.5. The predicted octanol–water partition coefficient (Wildman–Crippen LogP) is 3.46. The Labute approximate surface area is 125 Å². The lowest BCUT2D eigenvalue weighted by Gasteiger charge is -2.21. The summed E-state index contributed by atoms with van der Waals surface area (Å²) in [4.78, 5) is 0. The standard InChI is InChI=1S/C15H15BrO4/c1-2-9-3-4-12(20-9)15(17)10-7-13-14(8-11(10)16)19-6-5-18-13/h3-4,7-8,15,17H,2,5-6H2,1H3. The van der Waals surface area contributed by atoms with Gasteiger partial charge in [0.2, 0.25) is 0 Å². The second-order valence-electron chi connectivity index (χ2n) is 4.58. The van der Waals surface area contributed by atoms with Gasteiger partial charge in [0.25, 0.3) is 0 Å². The van der Waals surface area contributed by atoms with E-state index in [9.17, 15) is 5.11 Å². The molecule has 3 rings (SSSR count). The summed E-state index contributed by atoms with van der Waals surface area (Å²) in [6.45, 7) is 3.07. The molecule has 5 heteroatoms. The molecule has 0 saturated carbocycles. The average Bonchev–Trinajstić information content (AvgIpc) is 2.94. The normalized spacial score (nSPS) is 15.2. The van der Waals surface area contributed by atoms with E-state index < -0.39 is 6.10 Å². The van der Waals surface area contributed by atoms with Crippen molar-refractivity contribution in [2.45, 2.75) is 19.4 Å². The number of furan rings is 1. The molecule has 1 N–H and O–H groups in total. The maximum Gasteiger partial charge on any atom is 0.162 e. The van der Waals surface area contributed by atoms with Crippen LogP contribution >= 0.6 is 15.9 Å². The van der Waals surface area contributed by atoms with Gasteiger partial charge in [-0.25, -0.2) is 0 Å². The van der Waals surface area contributed by atoms with Crippen molar-refractivity contribution in [1.29, 1.82) is 0 Å². The molecule has 0 saturated heterocycles. The van der Waals surface area contributed by atoms with Crippen molar-refractivity contribution in [2.75, 3.05) is 13.2 Å². The molecule has 1 aliphatic rings. The summed E-state index contributed by atoms with van der Waals surface area (Å²) in [7, 11) is 0. The number of aryl methyl sites for hydroxylation is 1. The van der Waals surface area contributed by atoms with Crippen LogP contribution in [0.5, 0.6) is 11.5 Å². The number of halogens is 1. The molecule has 106 valence electrons. The van der Waals surface area contributed by atoms with Crippen molar-refractivity contribution in [2.24, 2.45) is 0 Å². The van der Waals surface area contributed by atoms with E-state index in [2.05, 4.69) is 15.9 Å². The van der Waals surface area contributed by atoms with Gasteiger partial charge in [-0.1, -0.05) is 22.9 Å². The first-order valence-electron chi connectivity index (χ1n) is 6.54. The van der Waals surface area contributed by atoms with Crippen LogP contribution in [0, 0.1) is 0 Å². The third-order valence-corrected chi connectivity index (χ3v) is 3.94. The molecule has 0 radical (unpaired) electrons. The molecule has 1 unspecified atom stereocenters. The van der Waals surface area contributed by atoms with Gasteiger partial charge in [-0.3, -0.25) is 0 Å². The Hall–Kier alpha value is -1.46. The highest BCUT2D eigenvalue weighted by Crippen LogP contribution is 2.39. The van der Waals surface area contributed by atoms with Crippen LogP contribution in [0.15, 0.2) is 33.2 Å². The average molecular weight is 339 g/mol. The monoisotopic (exact) mass is 338 g/mol. The van der Waals surface area contributed by atoms with Crippen molar-refractivity contribution < 1.29 is 19.0 Å². The largest absolute Gasteiger partial charge is 0.486 e. The Balaban J connectivity index is 1.96. The van der Waals surface area contributed by atoms with E-state index in [1.54, 1.807) is 12.1 Å². The molecule has 1 atom stereocenters. The fourth-order valence-corrected chi connectivity index (χ4v) is 2.71. The molecular weight excluding hydrogens is 324 g/mol. The predicted molar refractivity (Wildman–Crippen MR) is 77.3 cm³/mol. The Bertz CT molecular complexity index is 620. The Kier molecular flexibility index (Phi) is 3.72. The van der Waals surface area contributed by atoms with Crippen molar-refractivity contribution >= 4 is 15.9 Å². The quantitative estimate of drug-likeness (QED) is 0.931. The molecule has 0 amide bonds. The van der Waals surface area contributed by atoms with Crippen LogP contribution in [-0.4, -0.2) is 18.3 Å². The van der Waals surface area contributed by atoms with Crippen LogP contribution in [0.2, 0.25) is 0 Å². The molecule has 1 aromatic carbocycles. The Morgan fingerprint density at radius 1 is 1.20 bits per heavy atom. The number of hydrogen-bond acceptors (Lipinski definition) is 4. The number of aliphatic hydroxyl groups excluding tert-OH is 1. The Morgan fingerprint density at radius 2 is 1.90 bits per heavy atom. The van der Waals surface area contributed by atoms with Gasteiger partial charge in [0, 0.05) is 16.5 Å². The highest BCUT2D eigenvalue weighted by atomic mass is 79.9. The molecule has 4 nitrogen and oxygen atoms in total. The fraction of sp³-hybridized carbons (Fsp3) is 0.333. The van der Waals surface area contributed by atoms with Crippen molar-refractivity contribution in [3.8, 4) is 11.5 Å². The summed E-state index contributed by atoms with van der Waals surface area (Å²) in [6, 6.07) is 7.28. The summed E-state index contributed by atoms with van der Waals surface area (Å²) in [5, 5.41) is 10.5. The van der Waals surface area contributed by atoms with Crippen LogP contribution in [0.1, 0.15) is 30.1 Å². The zero-order valence-electron chi connectivity index (χ0n) is 11.1. The van der Waals surface area contributed by atoms with E-state index in [1.165, 1.54) is 0 Å². The molecule has 1 aromatic heterocycles. The molecule has 0 fully saturated rings. The number of aliphatic hydroxyl groups is 1.